The Bertz CT molecular complexity index is 615. The number of halogens is 2. The number of nitrogens with two attached hydrogens (primary N) is 1. The van der Waals surface area contributed by atoms with Crippen molar-refractivity contribution in [2.24, 2.45) is 5.73 Å². The van der Waals surface area contributed by atoms with Crippen LogP contribution in [-0.4, -0.2) is 7.11 Å². The molecule has 0 aliphatic heterocycles. The second-order valence-electron chi connectivity index (χ2n) is 4.78. The van der Waals surface area contributed by atoms with Crippen LogP contribution in [0.4, 0.5) is 4.39 Å². The summed E-state index contributed by atoms with van der Waals surface area (Å²) in [6.45, 7) is 1.98. The largest absolute Gasteiger partial charge is 0.496 e. The fraction of sp³-hybridized carbons (Fsp3) is 0.250. The van der Waals surface area contributed by atoms with E-state index in [0.717, 1.165) is 22.4 Å². The van der Waals surface area contributed by atoms with Crippen molar-refractivity contribution in [3.05, 3.63) is 63.9 Å². The van der Waals surface area contributed by atoms with Gasteiger partial charge in [-0.15, -0.1) is 0 Å². The lowest BCUT2D eigenvalue weighted by Gasteiger charge is -2.15. The second kappa shape index (κ2) is 6.25. The monoisotopic (exact) mass is 293 g/mol. The number of hydrogen-bond donors (Lipinski definition) is 1. The van der Waals surface area contributed by atoms with E-state index in [4.69, 9.17) is 22.1 Å². The maximum atomic E-state index is 13.0. The van der Waals surface area contributed by atoms with Gasteiger partial charge in [-0.05, 0) is 48.2 Å². The van der Waals surface area contributed by atoms with E-state index in [9.17, 15) is 4.39 Å². The molecule has 0 aromatic heterocycles. The molecule has 0 bridgehead atoms. The van der Waals surface area contributed by atoms with Crippen molar-refractivity contribution in [2.45, 2.75) is 19.4 Å². The van der Waals surface area contributed by atoms with E-state index < -0.39 is 0 Å². The van der Waals surface area contributed by atoms with Crippen molar-refractivity contribution in [3.63, 3.8) is 0 Å². The first kappa shape index (κ1) is 14.8. The molecular weight excluding hydrogens is 277 g/mol. The minimum absolute atomic E-state index is 0.215. The topological polar surface area (TPSA) is 35.2 Å². The van der Waals surface area contributed by atoms with E-state index >= 15 is 0 Å². The summed E-state index contributed by atoms with van der Waals surface area (Å²) in [5, 5.41) is 0.402. The van der Waals surface area contributed by atoms with Gasteiger partial charge in [-0.2, -0.15) is 0 Å². The van der Waals surface area contributed by atoms with E-state index in [0.29, 0.717) is 11.4 Å². The predicted octanol–water partition coefficient (Wildman–Crippen LogP) is 4.04. The molecule has 0 radical (unpaired) electrons. The zero-order valence-electron chi connectivity index (χ0n) is 11.5. The number of methoxy groups -OCH3 is 1. The molecule has 2 aromatic rings. The van der Waals surface area contributed by atoms with Gasteiger partial charge in [0.25, 0.3) is 0 Å². The van der Waals surface area contributed by atoms with Crippen LogP contribution in [0.15, 0.2) is 36.4 Å². The van der Waals surface area contributed by atoms with Crippen molar-refractivity contribution < 1.29 is 9.13 Å². The van der Waals surface area contributed by atoms with Gasteiger partial charge in [-0.25, -0.2) is 4.39 Å². The summed E-state index contributed by atoms with van der Waals surface area (Å²) in [4.78, 5) is 0. The maximum absolute atomic E-state index is 13.0. The molecule has 0 saturated carbocycles. The molecule has 2 aromatic carbocycles. The van der Waals surface area contributed by atoms with E-state index in [1.54, 1.807) is 13.2 Å². The summed E-state index contributed by atoms with van der Waals surface area (Å²) in [7, 11) is 1.63. The summed E-state index contributed by atoms with van der Waals surface area (Å²) in [5.74, 6) is 0.465. The molecule has 0 spiro atoms. The Kier molecular flexibility index (Phi) is 4.63. The lowest BCUT2D eigenvalue weighted by Crippen LogP contribution is -2.14. The van der Waals surface area contributed by atoms with Gasteiger partial charge in [0.1, 0.15) is 11.6 Å². The van der Waals surface area contributed by atoms with Crippen molar-refractivity contribution in [3.8, 4) is 5.75 Å². The van der Waals surface area contributed by atoms with Crippen molar-refractivity contribution >= 4 is 11.6 Å². The van der Waals surface area contributed by atoms with Crippen LogP contribution in [-0.2, 0) is 6.42 Å². The number of hydrogen-bond acceptors (Lipinski definition) is 2. The first-order valence-corrected chi connectivity index (χ1v) is 6.73. The Hall–Kier alpha value is -1.58. The Balaban J connectivity index is 2.21. The van der Waals surface area contributed by atoms with Gasteiger partial charge in [0.2, 0.25) is 0 Å². The number of rotatable bonds is 4. The molecule has 2 N–H and O–H groups in total. The molecule has 2 nitrogen and oxygen atoms in total. The SMILES string of the molecule is COc1cc(C(N)Cc2ccc(F)cc2Cl)ccc1C. The van der Waals surface area contributed by atoms with Gasteiger partial charge < -0.3 is 10.5 Å². The highest BCUT2D eigenvalue weighted by Crippen LogP contribution is 2.26. The summed E-state index contributed by atoms with van der Waals surface area (Å²) in [6.07, 6.45) is 0.547. The molecule has 0 aliphatic carbocycles. The Morgan fingerprint density at radius 3 is 2.65 bits per heavy atom. The standard InChI is InChI=1S/C16H17ClFNO/c1-10-3-4-12(8-16(10)20-2)15(19)7-11-5-6-13(18)9-14(11)17/h3-6,8-9,15H,7,19H2,1-2H3. The number of aryl methyl sites for hydroxylation is 1. The van der Waals surface area contributed by atoms with Crippen molar-refractivity contribution in [1.29, 1.82) is 0 Å². The van der Waals surface area contributed by atoms with Crippen LogP contribution in [0.25, 0.3) is 0 Å². The average molecular weight is 294 g/mol. The molecular formula is C16H17ClFNO. The average Bonchev–Trinajstić information content (AvgIpc) is 2.42. The molecule has 4 heteroatoms. The lowest BCUT2D eigenvalue weighted by atomic mass is 9.98. The molecule has 1 unspecified atom stereocenters. The van der Waals surface area contributed by atoms with Crippen LogP contribution < -0.4 is 10.5 Å². The molecule has 20 heavy (non-hydrogen) atoms. The second-order valence-corrected chi connectivity index (χ2v) is 5.18. The summed E-state index contributed by atoms with van der Waals surface area (Å²) >= 11 is 6.02. The van der Waals surface area contributed by atoms with E-state index in [2.05, 4.69) is 0 Å². The van der Waals surface area contributed by atoms with Gasteiger partial charge in [-0.3, -0.25) is 0 Å². The Morgan fingerprint density at radius 1 is 1.25 bits per heavy atom. The molecule has 0 fully saturated rings. The molecule has 0 aliphatic rings. The lowest BCUT2D eigenvalue weighted by molar-refractivity contribution is 0.410. The van der Waals surface area contributed by atoms with Gasteiger partial charge in [0, 0.05) is 11.1 Å². The fourth-order valence-electron chi connectivity index (χ4n) is 2.11. The van der Waals surface area contributed by atoms with Crippen LogP contribution in [0, 0.1) is 12.7 Å². The van der Waals surface area contributed by atoms with Crippen LogP contribution >= 0.6 is 11.6 Å². The number of benzene rings is 2. The molecule has 0 heterocycles. The van der Waals surface area contributed by atoms with Crippen molar-refractivity contribution in [1.82, 2.24) is 0 Å². The highest BCUT2D eigenvalue weighted by atomic mass is 35.5. The van der Waals surface area contributed by atoms with E-state index in [1.165, 1.54) is 12.1 Å². The van der Waals surface area contributed by atoms with Gasteiger partial charge in [-0.1, -0.05) is 29.8 Å². The first-order chi connectivity index (χ1) is 9.51. The van der Waals surface area contributed by atoms with Crippen LogP contribution in [0.5, 0.6) is 5.75 Å². The number of ether oxygens (including phenoxy) is 1. The quantitative estimate of drug-likeness (QED) is 0.923. The molecule has 0 amide bonds. The Morgan fingerprint density at radius 2 is 2.00 bits per heavy atom. The van der Waals surface area contributed by atoms with Crippen LogP contribution in [0.3, 0.4) is 0 Å². The molecule has 1 atom stereocenters. The fourth-order valence-corrected chi connectivity index (χ4v) is 2.35. The summed E-state index contributed by atoms with van der Waals surface area (Å²) in [5.41, 5.74) is 9.06. The van der Waals surface area contributed by atoms with Crippen LogP contribution in [0.1, 0.15) is 22.7 Å². The van der Waals surface area contributed by atoms with Gasteiger partial charge in [0.05, 0.1) is 7.11 Å². The minimum Gasteiger partial charge on any atom is -0.496 e. The van der Waals surface area contributed by atoms with Gasteiger partial charge >= 0.3 is 0 Å². The molecule has 106 valence electrons. The maximum Gasteiger partial charge on any atom is 0.124 e. The highest BCUT2D eigenvalue weighted by molar-refractivity contribution is 6.31. The predicted molar refractivity (Wildman–Crippen MR) is 79.8 cm³/mol. The third-order valence-corrected chi connectivity index (χ3v) is 3.67. The zero-order chi connectivity index (χ0) is 14.7. The normalized spacial score (nSPS) is 12.2. The summed E-state index contributed by atoms with van der Waals surface area (Å²) < 4.78 is 18.3. The third kappa shape index (κ3) is 3.30. The highest BCUT2D eigenvalue weighted by Gasteiger charge is 2.12. The smallest absolute Gasteiger partial charge is 0.124 e. The third-order valence-electron chi connectivity index (χ3n) is 3.32. The molecule has 0 saturated heterocycles. The first-order valence-electron chi connectivity index (χ1n) is 6.35. The van der Waals surface area contributed by atoms with Gasteiger partial charge in [0.15, 0.2) is 0 Å². The Labute approximate surface area is 123 Å². The van der Waals surface area contributed by atoms with E-state index in [-0.39, 0.29) is 11.9 Å². The van der Waals surface area contributed by atoms with Crippen molar-refractivity contribution in [2.75, 3.05) is 7.11 Å². The molecule has 2 rings (SSSR count). The van der Waals surface area contributed by atoms with Crippen LogP contribution in [0.2, 0.25) is 5.02 Å². The zero-order valence-corrected chi connectivity index (χ0v) is 12.2. The minimum atomic E-state index is -0.343. The summed E-state index contributed by atoms with van der Waals surface area (Å²) in [6, 6.07) is 10.0. The van der Waals surface area contributed by atoms with E-state index in [1.807, 2.05) is 25.1 Å².